The molecule has 0 aromatic carbocycles. The van der Waals surface area contributed by atoms with Crippen LogP contribution in [-0.2, 0) is 17.6 Å². The third kappa shape index (κ3) is 2.75. The van der Waals surface area contributed by atoms with Crippen LogP contribution < -0.4 is 5.32 Å². The van der Waals surface area contributed by atoms with Crippen molar-refractivity contribution in [1.29, 1.82) is 0 Å². The molecule has 1 N–H and O–H groups in total. The Morgan fingerprint density at radius 2 is 1.96 bits per heavy atom. The number of pyridine rings is 1. The standard InChI is InChI=1S/C19H21N5O/c25-17-10-13(11-24(17)14-4-5-14)21-19-15-2-1-3-16(15)22-18(23-19)12-6-8-20-9-7-12/h6-9,13-14H,1-5,10-11H2,(H,21,22,23). The maximum Gasteiger partial charge on any atom is 0.225 e. The van der Waals surface area contributed by atoms with E-state index < -0.39 is 0 Å². The fraction of sp³-hybridized carbons (Fsp3) is 0.474. The van der Waals surface area contributed by atoms with E-state index in [0.29, 0.717) is 12.5 Å². The molecule has 1 saturated carbocycles. The van der Waals surface area contributed by atoms with Gasteiger partial charge < -0.3 is 10.2 Å². The van der Waals surface area contributed by atoms with Crippen molar-refractivity contribution in [2.45, 2.75) is 50.6 Å². The maximum atomic E-state index is 12.2. The summed E-state index contributed by atoms with van der Waals surface area (Å²) < 4.78 is 0. The number of likely N-dealkylation sites (tertiary alicyclic amines) is 1. The van der Waals surface area contributed by atoms with Gasteiger partial charge in [0.2, 0.25) is 5.91 Å². The summed E-state index contributed by atoms with van der Waals surface area (Å²) in [5.74, 6) is 1.94. The molecule has 2 aliphatic carbocycles. The van der Waals surface area contributed by atoms with Crippen LogP contribution in [0.4, 0.5) is 5.82 Å². The predicted molar refractivity (Wildman–Crippen MR) is 94.1 cm³/mol. The summed E-state index contributed by atoms with van der Waals surface area (Å²) in [6, 6.07) is 4.52. The Labute approximate surface area is 146 Å². The van der Waals surface area contributed by atoms with Crippen molar-refractivity contribution in [2.24, 2.45) is 0 Å². The van der Waals surface area contributed by atoms with Gasteiger partial charge in [0.25, 0.3) is 0 Å². The van der Waals surface area contributed by atoms with E-state index in [1.54, 1.807) is 12.4 Å². The highest BCUT2D eigenvalue weighted by Crippen LogP contribution is 2.33. The van der Waals surface area contributed by atoms with Crippen LogP contribution in [0.3, 0.4) is 0 Å². The van der Waals surface area contributed by atoms with Crippen LogP contribution in [-0.4, -0.2) is 44.4 Å². The summed E-state index contributed by atoms with van der Waals surface area (Å²) in [6.45, 7) is 0.798. The quantitative estimate of drug-likeness (QED) is 0.927. The van der Waals surface area contributed by atoms with Crippen LogP contribution in [0.2, 0.25) is 0 Å². The summed E-state index contributed by atoms with van der Waals surface area (Å²) in [7, 11) is 0. The lowest BCUT2D eigenvalue weighted by Gasteiger charge is -2.18. The lowest BCUT2D eigenvalue weighted by molar-refractivity contribution is -0.128. The molecule has 1 atom stereocenters. The molecule has 2 aromatic rings. The molecule has 1 aliphatic heterocycles. The molecule has 25 heavy (non-hydrogen) atoms. The van der Waals surface area contributed by atoms with Crippen molar-refractivity contribution in [3.05, 3.63) is 35.8 Å². The normalized spacial score (nSPS) is 22.3. The molecule has 1 unspecified atom stereocenters. The molecule has 2 fully saturated rings. The fourth-order valence-corrected chi connectivity index (χ4v) is 3.94. The van der Waals surface area contributed by atoms with Crippen molar-refractivity contribution in [1.82, 2.24) is 19.9 Å². The summed E-state index contributed by atoms with van der Waals surface area (Å²) >= 11 is 0. The molecule has 1 amide bonds. The summed E-state index contributed by atoms with van der Waals surface area (Å²) in [4.78, 5) is 27.9. The highest BCUT2D eigenvalue weighted by Gasteiger charge is 2.39. The Hall–Kier alpha value is -2.50. The minimum atomic E-state index is 0.151. The first-order chi connectivity index (χ1) is 12.3. The van der Waals surface area contributed by atoms with Gasteiger partial charge in [-0.1, -0.05) is 0 Å². The van der Waals surface area contributed by atoms with Gasteiger partial charge in [-0.05, 0) is 44.2 Å². The van der Waals surface area contributed by atoms with Crippen molar-refractivity contribution in [3.8, 4) is 11.4 Å². The lowest BCUT2D eigenvalue weighted by atomic mass is 10.2. The average molecular weight is 335 g/mol. The van der Waals surface area contributed by atoms with Crippen molar-refractivity contribution >= 4 is 11.7 Å². The summed E-state index contributed by atoms with van der Waals surface area (Å²) in [6.07, 6.45) is 9.56. The smallest absolute Gasteiger partial charge is 0.225 e. The SMILES string of the molecule is O=C1CC(Nc2nc(-c3ccncc3)nc3c2CCC3)CN1C1CC1. The summed E-state index contributed by atoms with van der Waals surface area (Å²) in [5, 5.41) is 3.57. The average Bonchev–Trinajstić information content (AvgIpc) is 3.24. The highest BCUT2D eigenvalue weighted by molar-refractivity contribution is 5.80. The van der Waals surface area contributed by atoms with Gasteiger partial charge in [-0.25, -0.2) is 9.97 Å². The van der Waals surface area contributed by atoms with Crippen LogP contribution in [0.1, 0.15) is 36.9 Å². The molecule has 1 saturated heterocycles. The lowest BCUT2D eigenvalue weighted by Crippen LogP contribution is -2.30. The van der Waals surface area contributed by atoms with Crippen LogP contribution in [0.25, 0.3) is 11.4 Å². The van der Waals surface area contributed by atoms with Crippen LogP contribution in [0, 0.1) is 0 Å². The van der Waals surface area contributed by atoms with E-state index >= 15 is 0 Å². The molecule has 0 bridgehead atoms. The van der Waals surface area contributed by atoms with Gasteiger partial charge in [-0.3, -0.25) is 9.78 Å². The second-order valence-corrected chi connectivity index (χ2v) is 7.23. The van der Waals surface area contributed by atoms with Crippen molar-refractivity contribution in [3.63, 3.8) is 0 Å². The van der Waals surface area contributed by atoms with Crippen LogP contribution in [0.5, 0.6) is 0 Å². The number of nitrogens with one attached hydrogen (secondary N) is 1. The minimum absolute atomic E-state index is 0.151. The Morgan fingerprint density at radius 1 is 1.12 bits per heavy atom. The monoisotopic (exact) mass is 335 g/mol. The van der Waals surface area contributed by atoms with Gasteiger partial charge in [0.15, 0.2) is 5.82 Å². The molecule has 128 valence electrons. The number of hydrogen-bond donors (Lipinski definition) is 1. The van der Waals surface area contributed by atoms with E-state index in [0.717, 1.165) is 61.5 Å². The predicted octanol–water partition coefficient (Wildman–Crippen LogP) is 2.20. The zero-order valence-corrected chi connectivity index (χ0v) is 14.1. The third-order valence-electron chi connectivity index (χ3n) is 5.36. The van der Waals surface area contributed by atoms with Crippen molar-refractivity contribution < 1.29 is 4.79 Å². The Morgan fingerprint density at radius 3 is 2.76 bits per heavy atom. The number of aryl methyl sites for hydroxylation is 1. The number of rotatable bonds is 4. The van der Waals surface area contributed by atoms with E-state index in [9.17, 15) is 4.79 Å². The zero-order valence-electron chi connectivity index (χ0n) is 14.1. The second-order valence-electron chi connectivity index (χ2n) is 7.23. The van der Waals surface area contributed by atoms with Gasteiger partial charge >= 0.3 is 0 Å². The number of anilines is 1. The number of amides is 1. The van der Waals surface area contributed by atoms with E-state index in [1.807, 2.05) is 17.0 Å². The highest BCUT2D eigenvalue weighted by atomic mass is 16.2. The molecule has 6 heteroatoms. The van der Waals surface area contributed by atoms with Gasteiger partial charge in [0.05, 0.1) is 6.04 Å². The van der Waals surface area contributed by atoms with E-state index in [4.69, 9.17) is 9.97 Å². The molecule has 6 nitrogen and oxygen atoms in total. The number of hydrogen-bond acceptors (Lipinski definition) is 5. The van der Waals surface area contributed by atoms with Gasteiger partial charge in [-0.15, -0.1) is 0 Å². The van der Waals surface area contributed by atoms with Gasteiger partial charge in [0.1, 0.15) is 5.82 Å². The molecule has 0 radical (unpaired) electrons. The number of nitrogens with zero attached hydrogens (tertiary/aromatic N) is 4. The first-order valence-electron chi connectivity index (χ1n) is 9.14. The zero-order chi connectivity index (χ0) is 16.8. The molecule has 3 aliphatic rings. The third-order valence-corrected chi connectivity index (χ3v) is 5.36. The second kappa shape index (κ2) is 5.79. The molecular formula is C19H21N5O. The molecule has 5 rings (SSSR count). The molecule has 3 heterocycles. The first-order valence-corrected chi connectivity index (χ1v) is 9.14. The van der Waals surface area contributed by atoms with Crippen molar-refractivity contribution in [2.75, 3.05) is 11.9 Å². The number of carbonyl (C=O) groups is 1. The number of fused-ring (bicyclic) bond motifs is 1. The van der Waals surface area contributed by atoms with Gasteiger partial charge in [0, 0.05) is 48.2 Å². The van der Waals surface area contributed by atoms with Crippen LogP contribution >= 0.6 is 0 Å². The topological polar surface area (TPSA) is 71.0 Å². The largest absolute Gasteiger partial charge is 0.365 e. The number of aromatic nitrogens is 3. The molecule has 0 spiro atoms. The summed E-state index contributed by atoms with van der Waals surface area (Å²) in [5.41, 5.74) is 3.36. The van der Waals surface area contributed by atoms with Gasteiger partial charge in [-0.2, -0.15) is 0 Å². The Balaban J connectivity index is 1.44. The fourth-order valence-electron chi connectivity index (χ4n) is 3.94. The first kappa shape index (κ1) is 14.8. The number of carbonyl (C=O) groups excluding carboxylic acids is 1. The minimum Gasteiger partial charge on any atom is -0.365 e. The van der Waals surface area contributed by atoms with E-state index in [1.165, 1.54) is 5.56 Å². The molecule has 2 aromatic heterocycles. The Bertz CT molecular complexity index is 818. The maximum absolute atomic E-state index is 12.2. The van der Waals surface area contributed by atoms with E-state index in [2.05, 4.69) is 10.3 Å². The van der Waals surface area contributed by atoms with Crippen LogP contribution in [0.15, 0.2) is 24.5 Å². The molecular weight excluding hydrogens is 314 g/mol. The van der Waals surface area contributed by atoms with E-state index in [-0.39, 0.29) is 11.9 Å². The Kier molecular flexibility index (Phi) is 3.43.